The van der Waals surface area contributed by atoms with E-state index in [1.54, 1.807) is 12.1 Å². The molecule has 0 saturated carbocycles. The molecule has 0 fully saturated rings. The van der Waals surface area contributed by atoms with Crippen LogP contribution in [0.15, 0.2) is 54.6 Å². The fourth-order valence-corrected chi connectivity index (χ4v) is 1.31. The smallest absolute Gasteiger partial charge is 1.00 e. The Morgan fingerprint density at radius 2 is 1.36 bits per heavy atom. The van der Waals surface area contributed by atoms with E-state index in [0.717, 1.165) is 5.56 Å². The number of halogens is 1. The molecule has 0 heterocycles. The van der Waals surface area contributed by atoms with Crippen LogP contribution in [0.4, 0.5) is 4.39 Å². The van der Waals surface area contributed by atoms with Crippen LogP contribution in [0.25, 0.3) is 11.1 Å². The molecule has 0 aliphatic carbocycles. The summed E-state index contributed by atoms with van der Waals surface area (Å²) in [6.07, 6.45) is 0. The van der Waals surface area contributed by atoms with Crippen LogP contribution in [0.5, 0.6) is 0 Å². The van der Waals surface area contributed by atoms with Crippen molar-refractivity contribution in [1.29, 1.82) is 0 Å². The van der Waals surface area contributed by atoms with Crippen molar-refractivity contribution in [1.82, 2.24) is 0 Å². The predicted octanol–water partition coefficient (Wildman–Crippen LogP) is 0.609. The van der Waals surface area contributed by atoms with Gasteiger partial charge in [0.15, 0.2) is 0 Å². The van der Waals surface area contributed by atoms with Gasteiger partial charge in [-0.15, -0.1) is 0 Å². The Hall–Kier alpha value is -1.03. The maximum Gasteiger partial charge on any atom is 1.00 e. The third kappa shape index (κ3) is 2.26. The van der Waals surface area contributed by atoms with E-state index in [0.29, 0.717) is 5.56 Å². The van der Waals surface area contributed by atoms with Gasteiger partial charge in [0.25, 0.3) is 0 Å². The minimum absolute atomic E-state index is 0. The first kappa shape index (κ1) is 11.0. The van der Waals surface area contributed by atoms with Crippen LogP contribution in [0, 0.1) is 5.82 Å². The summed E-state index contributed by atoms with van der Waals surface area (Å²) in [5.41, 5.74) is 1.57. The van der Waals surface area contributed by atoms with Crippen LogP contribution in [0.2, 0.25) is 0 Å². The molecule has 0 aliphatic rings. The van der Waals surface area contributed by atoms with Crippen LogP contribution in [0.1, 0.15) is 1.43 Å². The van der Waals surface area contributed by atoms with Crippen molar-refractivity contribution in [3.8, 4) is 11.1 Å². The Labute approximate surface area is 96.4 Å². The Kier molecular flexibility index (Phi) is 3.94. The minimum Gasteiger partial charge on any atom is -1.00 e. The SMILES string of the molecule is Fc1ccccc1-c1ccccc1.[H-].[Li+]. The summed E-state index contributed by atoms with van der Waals surface area (Å²) in [5, 5.41) is 0. The number of benzene rings is 2. The molecule has 0 saturated heterocycles. The van der Waals surface area contributed by atoms with Gasteiger partial charge in [-0.05, 0) is 11.6 Å². The zero-order valence-corrected chi connectivity index (χ0v) is 8.07. The van der Waals surface area contributed by atoms with Crippen molar-refractivity contribution in [2.75, 3.05) is 0 Å². The van der Waals surface area contributed by atoms with Gasteiger partial charge in [0.05, 0.1) is 0 Å². The van der Waals surface area contributed by atoms with E-state index in [-0.39, 0.29) is 26.1 Å². The second-order valence-electron chi connectivity index (χ2n) is 2.85. The molecule has 0 aromatic heterocycles. The Bertz CT molecular complexity index is 403. The molecule has 2 heteroatoms. The van der Waals surface area contributed by atoms with Crippen LogP contribution in [0.3, 0.4) is 0 Å². The molecule has 0 aliphatic heterocycles. The van der Waals surface area contributed by atoms with Gasteiger partial charge in [-0.2, -0.15) is 0 Å². The fraction of sp³-hybridized carbons (Fsp3) is 0. The predicted molar refractivity (Wildman–Crippen MR) is 52.9 cm³/mol. The first-order chi connectivity index (χ1) is 6.38. The average Bonchev–Trinajstić information content (AvgIpc) is 2.20. The quantitative estimate of drug-likeness (QED) is 0.564. The molecule has 0 N–H and O–H groups in total. The van der Waals surface area contributed by atoms with Gasteiger partial charge in [0.1, 0.15) is 5.82 Å². The van der Waals surface area contributed by atoms with E-state index in [9.17, 15) is 4.39 Å². The van der Waals surface area contributed by atoms with Crippen LogP contribution < -0.4 is 18.9 Å². The fourth-order valence-electron chi connectivity index (χ4n) is 1.31. The second kappa shape index (κ2) is 5.00. The van der Waals surface area contributed by atoms with Crippen molar-refractivity contribution >= 4 is 0 Å². The molecule has 0 amide bonds. The molecule has 0 spiro atoms. The summed E-state index contributed by atoms with van der Waals surface area (Å²) in [5.74, 6) is -0.172. The molecule has 66 valence electrons. The normalized spacial score (nSPS) is 9.21. The van der Waals surface area contributed by atoms with Gasteiger partial charge < -0.3 is 1.43 Å². The Morgan fingerprint density at radius 3 is 2.00 bits per heavy atom. The zero-order valence-electron chi connectivity index (χ0n) is 9.07. The van der Waals surface area contributed by atoms with Crippen LogP contribution in [-0.4, -0.2) is 0 Å². The summed E-state index contributed by atoms with van der Waals surface area (Å²) in [4.78, 5) is 0. The Balaban J connectivity index is 0.000000980. The molecule has 2 rings (SSSR count). The van der Waals surface area contributed by atoms with Crippen LogP contribution >= 0.6 is 0 Å². The maximum atomic E-state index is 13.3. The number of hydrogen-bond acceptors (Lipinski definition) is 0. The molecular weight excluding hydrogens is 170 g/mol. The van der Waals surface area contributed by atoms with Gasteiger partial charge in [0, 0.05) is 5.56 Å². The van der Waals surface area contributed by atoms with Crippen molar-refractivity contribution in [2.45, 2.75) is 0 Å². The van der Waals surface area contributed by atoms with E-state index in [4.69, 9.17) is 0 Å². The van der Waals surface area contributed by atoms with E-state index in [1.165, 1.54) is 6.07 Å². The summed E-state index contributed by atoms with van der Waals surface area (Å²) in [6.45, 7) is 0. The number of hydrogen-bond donors (Lipinski definition) is 0. The topological polar surface area (TPSA) is 0 Å². The third-order valence-electron chi connectivity index (χ3n) is 1.96. The summed E-state index contributed by atoms with van der Waals surface area (Å²) in [7, 11) is 0. The minimum atomic E-state index is -0.172. The van der Waals surface area contributed by atoms with Crippen molar-refractivity contribution in [3.63, 3.8) is 0 Å². The Morgan fingerprint density at radius 1 is 0.786 bits per heavy atom. The molecule has 0 atom stereocenters. The third-order valence-corrected chi connectivity index (χ3v) is 1.96. The van der Waals surface area contributed by atoms with E-state index in [2.05, 4.69) is 0 Å². The van der Waals surface area contributed by atoms with Crippen LogP contribution in [-0.2, 0) is 0 Å². The first-order valence-electron chi connectivity index (χ1n) is 4.18. The number of rotatable bonds is 1. The van der Waals surface area contributed by atoms with Gasteiger partial charge in [-0.3, -0.25) is 0 Å². The molecule has 0 bridgehead atoms. The average molecular weight is 180 g/mol. The molecule has 2 aromatic rings. The monoisotopic (exact) mass is 180 g/mol. The largest absolute Gasteiger partial charge is 1.00 e. The van der Waals surface area contributed by atoms with E-state index in [1.807, 2.05) is 36.4 Å². The molecule has 0 unspecified atom stereocenters. The van der Waals surface area contributed by atoms with Gasteiger partial charge in [-0.1, -0.05) is 48.5 Å². The summed E-state index contributed by atoms with van der Waals surface area (Å²) in [6, 6.07) is 16.3. The van der Waals surface area contributed by atoms with Gasteiger partial charge in [-0.25, -0.2) is 4.39 Å². The zero-order chi connectivity index (χ0) is 9.10. The van der Waals surface area contributed by atoms with E-state index >= 15 is 0 Å². The molecule has 14 heavy (non-hydrogen) atoms. The second-order valence-corrected chi connectivity index (χ2v) is 2.85. The molecule has 0 radical (unpaired) electrons. The summed E-state index contributed by atoms with van der Waals surface area (Å²) < 4.78 is 13.3. The van der Waals surface area contributed by atoms with Crippen molar-refractivity contribution < 1.29 is 24.7 Å². The molecule has 0 nitrogen and oxygen atoms in total. The summed E-state index contributed by atoms with van der Waals surface area (Å²) >= 11 is 0. The van der Waals surface area contributed by atoms with Gasteiger partial charge in [0.2, 0.25) is 0 Å². The molecule has 2 aromatic carbocycles. The van der Waals surface area contributed by atoms with E-state index < -0.39 is 0 Å². The first-order valence-corrected chi connectivity index (χ1v) is 4.18. The van der Waals surface area contributed by atoms with Crippen molar-refractivity contribution in [3.05, 3.63) is 60.4 Å². The molecular formula is C12H10FLi. The van der Waals surface area contributed by atoms with Gasteiger partial charge >= 0.3 is 18.9 Å². The standard InChI is InChI=1S/C12H9F.Li.H/c13-12-9-5-4-8-11(12)10-6-2-1-3-7-10;;/h1-9H;;/q;+1;-1. The maximum absolute atomic E-state index is 13.3. The van der Waals surface area contributed by atoms with Crippen molar-refractivity contribution in [2.24, 2.45) is 0 Å².